The van der Waals surface area contributed by atoms with E-state index in [1.54, 1.807) is 0 Å². The number of carbonyl (C=O) groups is 3. The molecule has 2 N–H and O–H groups in total. The van der Waals surface area contributed by atoms with Crippen LogP contribution >= 0.6 is 11.8 Å². The number of β-lactam (4-membered cyclic amide) rings is 1. The van der Waals surface area contributed by atoms with Crippen LogP contribution in [0.2, 0.25) is 0 Å². The number of rotatable bonds is 9. The molecule has 0 aromatic rings. The summed E-state index contributed by atoms with van der Waals surface area (Å²) in [7, 11) is -4.23. The standard InChI is InChI=1S/C15H20N2O8S2/c1-4-24-27(22,23)25-8(2)12-10-7-11(26-6-5-16-9(3)18)13(15(20)21)17(10)14(12)19/h5-6,8,10,12H,4,7H2,1-3H3,(H,16,18)(H,20,21)/b6-5+/t8-,10+,12-/m0/s1. The van der Waals surface area contributed by atoms with Crippen LogP contribution in [0, 0.1) is 5.92 Å². The first-order valence-electron chi connectivity index (χ1n) is 8.05. The van der Waals surface area contributed by atoms with Crippen LogP contribution < -0.4 is 5.32 Å². The number of carboxylic acid groups (broad SMARTS) is 1. The average molecular weight is 420 g/mol. The first-order chi connectivity index (χ1) is 12.6. The van der Waals surface area contributed by atoms with Crippen molar-refractivity contribution in [1.29, 1.82) is 0 Å². The van der Waals surface area contributed by atoms with Crippen molar-refractivity contribution in [2.24, 2.45) is 5.92 Å². The molecule has 2 aliphatic heterocycles. The maximum absolute atomic E-state index is 12.4. The third kappa shape index (κ3) is 4.69. The lowest BCUT2D eigenvalue weighted by atomic mass is 9.83. The maximum atomic E-state index is 12.4. The van der Waals surface area contributed by atoms with Crippen molar-refractivity contribution >= 4 is 39.9 Å². The number of nitrogens with zero attached hydrogens (tertiary/aromatic N) is 1. The van der Waals surface area contributed by atoms with Crippen molar-refractivity contribution in [2.45, 2.75) is 39.3 Å². The second-order valence-corrected chi connectivity index (χ2v) is 8.06. The van der Waals surface area contributed by atoms with E-state index in [-0.39, 0.29) is 24.6 Å². The van der Waals surface area contributed by atoms with Crippen LogP contribution in [-0.2, 0) is 33.1 Å². The fourth-order valence-electron chi connectivity index (χ4n) is 3.01. The zero-order chi connectivity index (χ0) is 20.4. The fraction of sp³-hybridized carbons (Fsp3) is 0.533. The molecule has 0 saturated carbocycles. The Labute approximate surface area is 160 Å². The van der Waals surface area contributed by atoms with Crippen LogP contribution in [0.1, 0.15) is 27.2 Å². The number of thioether (sulfide) groups is 1. The summed E-state index contributed by atoms with van der Waals surface area (Å²) in [6.07, 6.45) is 0.620. The van der Waals surface area contributed by atoms with E-state index in [1.165, 1.54) is 32.4 Å². The molecule has 2 rings (SSSR count). The Balaban J connectivity index is 2.11. The van der Waals surface area contributed by atoms with Gasteiger partial charge in [-0.3, -0.25) is 9.59 Å². The van der Waals surface area contributed by atoms with E-state index in [0.717, 1.165) is 16.7 Å². The van der Waals surface area contributed by atoms with Gasteiger partial charge in [0.1, 0.15) is 5.70 Å². The summed E-state index contributed by atoms with van der Waals surface area (Å²) in [6, 6.07) is -0.507. The van der Waals surface area contributed by atoms with Crippen LogP contribution in [0.5, 0.6) is 0 Å². The average Bonchev–Trinajstić information content (AvgIpc) is 2.85. The molecule has 0 aromatic carbocycles. The number of aliphatic carboxylic acids is 1. The predicted octanol–water partition coefficient (Wildman–Crippen LogP) is 0.540. The molecule has 0 radical (unpaired) electrons. The normalized spacial score (nSPS) is 23.4. The van der Waals surface area contributed by atoms with Gasteiger partial charge in [-0.2, -0.15) is 8.42 Å². The van der Waals surface area contributed by atoms with Gasteiger partial charge in [0.2, 0.25) is 11.8 Å². The summed E-state index contributed by atoms with van der Waals surface area (Å²) in [4.78, 5) is 36.4. The highest BCUT2D eigenvalue weighted by Crippen LogP contribution is 2.47. The molecule has 2 aliphatic rings. The lowest BCUT2D eigenvalue weighted by Gasteiger charge is -2.45. The van der Waals surface area contributed by atoms with Gasteiger partial charge in [0, 0.05) is 24.4 Å². The molecule has 10 nitrogen and oxygen atoms in total. The predicted molar refractivity (Wildman–Crippen MR) is 95.0 cm³/mol. The molecule has 150 valence electrons. The van der Waals surface area contributed by atoms with Gasteiger partial charge >= 0.3 is 16.4 Å². The maximum Gasteiger partial charge on any atom is 0.400 e. The Morgan fingerprint density at radius 1 is 1.48 bits per heavy atom. The van der Waals surface area contributed by atoms with Gasteiger partial charge in [0.25, 0.3) is 0 Å². The van der Waals surface area contributed by atoms with Gasteiger partial charge in [-0.15, -0.1) is 0 Å². The van der Waals surface area contributed by atoms with Crippen LogP contribution in [0.3, 0.4) is 0 Å². The molecular weight excluding hydrogens is 400 g/mol. The molecule has 2 amide bonds. The Bertz CT molecular complexity index is 805. The highest BCUT2D eigenvalue weighted by atomic mass is 32.3. The van der Waals surface area contributed by atoms with E-state index >= 15 is 0 Å². The highest BCUT2D eigenvalue weighted by Gasteiger charge is 2.57. The van der Waals surface area contributed by atoms with Gasteiger partial charge in [0.15, 0.2) is 0 Å². The monoisotopic (exact) mass is 420 g/mol. The first-order valence-corrected chi connectivity index (χ1v) is 10.3. The molecule has 27 heavy (non-hydrogen) atoms. The van der Waals surface area contributed by atoms with Crippen LogP contribution in [0.15, 0.2) is 22.2 Å². The zero-order valence-corrected chi connectivity index (χ0v) is 16.5. The molecule has 0 aromatic heterocycles. The Morgan fingerprint density at radius 2 is 2.15 bits per heavy atom. The van der Waals surface area contributed by atoms with E-state index in [1.807, 2.05) is 0 Å². The summed E-state index contributed by atoms with van der Waals surface area (Å²) in [5.74, 6) is -2.84. The molecule has 1 saturated heterocycles. The van der Waals surface area contributed by atoms with E-state index in [4.69, 9.17) is 4.18 Å². The third-order valence-electron chi connectivity index (χ3n) is 3.97. The largest absolute Gasteiger partial charge is 0.477 e. The SMILES string of the molecule is CCOS(=O)(=O)O[C@@H](C)[C@@H]1C(=O)N2C(C(=O)O)=C(S/C=C/NC(C)=O)C[C@H]12. The Kier molecular flexibility index (Phi) is 6.68. The van der Waals surface area contributed by atoms with Crippen LogP contribution in [0.25, 0.3) is 0 Å². The molecule has 0 aliphatic carbocycles. The third-order valence-corrected chi connectivity index (χ3v) is 5.95. The molecule has 2 heterocycles. The van der Waals surface area contributed by atoms with Crippen molar-refractivity contribution < 1.29 is 36.3 Å². The molecular formula is C15H20N2O8S2. The summed E-state index contributed by atoms with van der Waals surface area (Å²) in [5.41, 5.74) is -0.140. The van der Waals surface area contributed by atoms with Crippen molar-refractivity contribution in [3.63, 3.8) is 0 Å². The summed E-state index contributed by atoms with van der Waals surface area (Å²) in [5, 5.41) is 13.4. The van der Waals surface area contributed by atoms with Crippen molar-refractivity contribution in [3.05, 3.63) is 22.2 Å². The summed E-state index contributed by atoms with van der Waals surface area (Å²) >= 11 is 1.07. The number of amides is 2. The quantitative estimate of drug-likeness (QED) is 0.512. The van der Waals surface area contributed by atoms with E-state index in [9.17, 15) is 27.9 Å². The van der Waals surface area contributed by atoms with Crippen LogP contribution in [0.4, 0.5) is 0 Å². The minimum Gasteiger partial charge on any atom is -0.477 e. The van der Waals surface area contributed by atoms with Crippen molar-refractivity contribution in [2.75, 3.05) is 6.61 Å². The van der Waals surface area contributed by atoms with Gasteiger partial charge in [-0.05, 0) is 19.3 Å². The number of carboxylic acids is 1. The highest BCUT2D eigenvalue weighted by molar-refractivity contribution is 8.05. The number of nitrogens with one attached hydrogen (secondary N) is 1. The minimum absolute atomic E-state index is 0.102. The van der Waals surface area contributed by atoms with Gasteiger partial charge in [-0.25, -0.2) is 13.2 Å². The molecule has 1 fully saturated rings. The lowest BCUT2D eigenvalue weighted by Crippen LogP contribution is -2.62. The van der Waals surface area contributed by atoms with Crippen LogP contribution in [-0.4, -0.2) is 55.0 Å². The number of hydrogen-bond acceptors (Lipinski definition) is 8. The summed E-state index contributed by atoms with van der Waals surface area (Å²) in [6.45, 7) is 4.15. The fourth-order valence-corrected chi connectivity index (χ4v) is 4.71. The van der Waals surface area contributed by atoms with Gasteiger partial charge in [0.05, 0.1) is 24.7 Å². The molecule has 0 unspecified atom stereocenters. The Morgan fingerprint density at radius 3 is 2.70 bits per heavy atom. The Hall–Kier alpha value is -1.89. The second kappa shape index (κ2) is 8.42. The molecule has 3 atom stereocenters. The number of fused-ring (bicyclic) bond motifs is 1. The smallest absolute Gasteiger partial charge is 0.400 e. The minimum atomic E-state index is -4.23. The van der Waals surface area contributed by atoms with Crippen molar-refractivity contribution in [1.82, 2.24) is 10.2 Å². The molecule has 0 bridgehead atoms. The lowest BCUT2D eigenvalue weighted by molar-refractivity contribution is -0.160. The van der Waals surface area contributed by atoms with E-state index < -0.39 is 40.3 Å². The molecule has 12 heteroatoms. The zero-order valence-electron chi connectivity index (χ0n) is 14.9. The topological polar surface area (TPSA) is 139 Å². The second-order valence-electron chi connectivity index (χ2n) is 5.82. The van der Waals surface area contributed by atoms with Crippen molar-refractivity contribution in [3.8, 4) is 0 Å². The molecule has 0 spiro atoms. The summed E-state index contributed by atoms with van der Waals surface area (Å²) < 4.78 is 32.6. The van der Waals surface area contributed by atoms with Gasteiger partial charge < -0.3 is 15.3 Å². The number of carbonyl (C=O) groups excluding carboxylic acids is 2. The van der Waals surface area contributed by atoms with Gasteiger partial charge in [-0.1, -0.05) is 11.8 Å². The first kappa shape index (κ1) is 21.4. The van der Waals surface area contributed by atoms with E-state index in [0.29, 0.717) is 4.91 Å². The van der Waals surface area contributed by atoms with E-state index in [2.05, 4.69) is 9.50 Å². The number of hydrogen-bond donors (Lipinski definition) is 2.